The molecule has 2 heterocycles. The normalized spacial score (nSPS) is 29.0. The number of piperazine rings is 1. The highest BCUT2D eigenvalue weighted by molar-refractivity contribution is 5.87. The van der Waals surface area contributed by atoms with Crippen molar-refractivity contribution in [3.8, 4) is 0 Å². The minimum Gasteiger partial charge on any atom is -0.340 e. The topological polar surface area (TPSA) is 35.6 Å². The van der Waals surface area contributed by atoms with E-state index in [1.165, 1.54) is 17.5 Å². The number of nitrogens with zero attached hydrogens (tertiary/aromatic N) is 2. The second kappa shape index (κ2) is 5.43. The van der Waals surface area contributed by atoms with Gasteiger partial charge in [0.05, 0.1) is 5.92 Å². The predicted molar refractivity (Wildman–Crippen MR) is 82.3 cm³/mol. The van der Waals surface area contributed by atoms with Gasteiger partial charge in [0.1, 0.15) is 0 Å². The molecule has 1 aromatic rings. The van der Waals surface area contributed by atoms with Crippen molar-refractivity contribution in [2.45, 2.75) is 24.8 Å². The standard InChI is InChI=1S/C17H23N3O/c21-17(16-11-13-3-1-2-4-15(13)16)20-9-7-19(8-10-20)14-5-6-18-12-14/h1-4,14,16,18H,5-12H2. The molecule has 2 unspecified atom stereocenters. The Hall–Kier alpha value is -1.39. The van der Waals surface area contributed by atoms with E-state index in [1.807, 2.05) is 6.07 Å². The Balaban J connectivity index is 1.35. The minimum atomic E-state index is 0.126. The maximum absolute atomic E-state index is 12.7. The molecule has 4 nitrogen and oxygen atoms in total. The average molecular weight is 285 g/mol. The van der Waals surface area contributed by atoms with Gasteiger partial charge in [0.25, 0.3) is 0 Å². The van der Waals surface area contributed by atoms with E-state index in [2.05, 4.69) is 33.3 Å². The number of hydrogen-bond acceptors (Lipinski definition) is 3. The molecule has 0 aromatic heterocycles. The molecule has 1 N–H and O–H groups in total. The third-order valence-corrected chi connectivity index (χ3v) is 5.33. The molecule has 2 fully saturated rings. The lowest BCUT2D eigenvalue weighted by atomic mass is 9.77. The monoisotopic (exact) mass is 285 g/mol. The summed E-state index contributed by atoms with van der Waals surface area (Å²) in [4.78, 5) is 17.3. The molecule has 1 amide bonds. The number of carbonyl (C=O) groups is 1. The first kappa shape index (κ1) is 13.3. The lowest BCUT2D eigenvalue weighted by molar-refractivity contribution is -0.135. The van der Waals surface area contributed by atoms with Crippen LogP contribution in [0.25, 0.3) is 0 Å². The highest BCUT2D eigenvalue weighted by atomic mass is 16.2. The summed E-state index contributed by atoms with van der Waals surface area (Å²) in [7, 11) is 0. The van der Waals surface area contributed by atoms with Gasteiger partial charge in [0, 0.05) is 38.8 Å². The SMILES string of the molecule is O=C(C1Cc2ccccc21)N1CCN(C2CCNC2)CC1. The van der Waals surface area contributed by atoms with Gasteiger partial charge in [-0.05, 0) is 30.5 Å². The molecule has 4 rings (SSSR count). The van der Waals surface area contributed by atoms with Gasteiger partial charge in [-0.15, -0.1) is 0 Å². The first-order chi connectivity index (χ1) is 10.3. The van der Waals surface area contributed by atoms with E-state index in [4.69, 9.17) is 0 Å². The summed E-state index contributed by atoms with van der Waals surface area (Å²) in [6.07, 6.45) is 2.19. The molecule has 2 aliphatic heterocycles. The Kier molecular flexibility index (Phi) is 3.43. The molecule has 21 heavy (non-hydrogen) atoms. The van der Waals surface area contributed by atoms with Gasteiger partial charge in [0.2, 0.25) is 5.91 Å². The quantitative estimate of drug-likeness (QED) is 0.874. The van der Waals surface area contributed by atoms with Crippen LogP contribution in [0.5, 0.6) is 0 Å². The molecule has 3 aliphatic rings. The Labute approximate surface area is 126 Å². The molecule has 4 heteroatoms. The van der Waals surface area contributed by atoms with Crippen molar-refractivity contribution in [1.29, 1.82) is 0 Å². The number of benzene rings is 1. The summed E-state index contributed by atoms with van der Waals surface area (Å²) in [6.45, 7) is 6.12. The van der Waals surface area contributed by atoms with E-state index in [1.54, 1.807) is 0 Å². The Morgan fingerprint density at radius 3 is 2.67 bits per heavy atom. The summed E-state index contributed by atoms with van der Waals surface area (Å²) < 4.78 is 0. The van der Waals surface area contributed by atoms with E-state index in [9.17, 15) is 4.79 Å². The zero-order valence-corrected chi connectivity index (χ0v) is 12.4. The summed E-state index contributed by atoms with van der Waals surface area (Å²) in [5, 5.41) is 3.43. The number of nitrogens with one attached hydrogen (secondary N) is 1. The van der Waals surface area contributed by atoms with Crippen LogP contribution in [0.4, 0.5) is 0 Å². The van der Waals surface area contributed by atoms with E-state index >= 15 is 0 Å². The largest absolute Gasteiger partial charge is 0.340 e. The Morgan fingerprint density at radius 1 is 1.14 bits per heavy atom. The molecule has 0 bridgehead atoms. The first-order valence-electron chi connectivity index (χ1n) is 8.14. The van der Waals surface area contributed by atoms with Gasteiger partial charge < -0.3 is 10.2 Å². The van der Waals surface area contributed by atoms with Crippen LogP contribution in [-0.2, 0) is 11.2 Å². The minimum absolute atomic E-state index is 0.126. The molecule has 2 atom stereocenters. The third kappa shape index (κ3) is 2.36. The fraction of sp³-hybridized carbons (Fsp3) is 0.588. The highest BCUT2D eigenvalue weighted by Crippen LogP contribution is 2.36. The van der Waals surface area contributed by atoms with Crippen molar-refractivity contribution >= 4 is 5.91 Å². The van der Waals surface area contributed by atoms with Crippen molar-refractivity contribution in [1.82, 2.24) is 15.1 Å². The maximum atomic E-state index is 12.7. The molecule has 0 radical (unpaired) electrons. The first-order valence-corrected chi connectivity index (χ1v) is 8.14. The number of fused-ring (bicyclic) bond motifs is 1. The fourth-order valence-electron chi connectivity index (χ4n) is 3.96. The molecule has 0 saturated carbocycles. The van der Waals surface area contributed by atoms with Crippen LogP contribution in [0, 0.1) is 0 Å². The van der Waals surface area contributed by atoms with Gasteiger partial charge in [-0.3, -0.25) is 9.69 Å². The number of carbonyl (C=O) groups excluding carboxylic acids is 1. The number of amides is 1. The fourth-order valence-corrected chi connectivity index (χ4v) is 3.96. The summed E-state index contributed by atoms with van der Waals surface area (Å²) >= 11 is 0. The van der Waals surface area contributed by atoms with Crippen LogP contribution in [0.1, 0.15) is 23.5 Å². The second-order valence-electron chi connectivity index (χ2n) is 6.46. The van der Waals surface area contributed by atoms with Crippen molar-refractivity contribution in [3.05, 3.63) is 35.4 Å². The molecule has 112 valence electrons. The van der Waals surface area contributed by atoms with Crippen molar-refractivity contribution in [2.75, 3.05) is 39.3 Å². The summed E-state index contributed by atoms with van der Waals surface area (Å²) in [5.74, 6) is 0.471. The van der Waals surface area contributed by atoms with Crippen molar-refractivity contribution in [3.63, 3.8) is 0 Å². The molecular weight excluding hydrogens is 262 g/mol. The van der Waals surface area contributed by atoms with E-state index in [0.717, 1.165) is 45.7 Å². The smallest absolute Gasteiger partial charge is 0.230 e. The van der Waals surface area contributed by atoms with Crippen molar-refractivity contribution < 1.29 is 4.79 Å². The second-order valence-corrected chi connectivity index (χ2v) is 6.46. The third-order valence-electron chi connectivity index (χ3n) is 5.33. The predicted octanol–water partition coefficient (Wildman–Crippen LogP) is 0.832. The highest BCUT2D eigenvalue weighted by Gasteiger charge is 2.36. The molecular formula is C17H23N3O. The zero-order chi connectivity index (χ0) is 14.2. The van der Waals surface area contributed by atoms with Crippen LogP contribution in [0.2, 0.25) is 0 Å². The molecule has 0 spiro atoms. The molecule has 1 aromatic carbocycles. The number of rotatable bonds is 2. The van der Waals surface area contributed by atoms with Gasteiger partial charge in [0.15, 0.2) is 0 Å². The zero-order valence-electron chi connectivity index (χ0n) is 12.4. The lowest BCUT2D eigenvalue weighted by Gasteiger charge is -2.40. The van der Waals surface area contributed by atoms with Gasteiger partial charge >= 0.3 is 0 Å². The summed E-state index contributed by atoms with van der Waals surface area (Å²) in [5.41, 5.74) is 2.61. The van der Waals surface area contributed by atoms with E-state index in [0.29, 0.717) is 11.9 Å². The van der Waals surface area contributed by atoms with Crippen LogP contribution < -0.4 is 5.32 Å². The van der Waals surface area contributed by atoms with Crippen LogP contribution in [0.3, 0.4) is 0 Å². The van der Waals surface area contributed by atoms with Crippen LogP contribution in [-0.4, -0.2) is 61.0 Å². The maximum Gasteiger partial charge on any atom is 0.230 e. The van der Waals surface area contributed by atoms with E-state index < -0.39 is 0 Å². The Morgan fingerprint density at radius 2 is 1.95 bits per heavy atom. The average Bonchev–Trinajstić information content (AvgIpc) is 3.03. The van der Waals surface area contributed by atoms with E-state index in [-0.39, 0.29) is 5.92 Å². The molecule has 1 aliphatic carbocycles. The van der Waals surface area contributed by atoms with Gasteiger partial charge in [-0.25, -0.2) is 0 Å². The summed E-state index contributed by atoms with van der Waals surface area (Å²) in [6, 6.07) is 9.05. The van der Waals surface area contributed by atoms with Gasteiger partial charge in [-0.2, -0.15) is 0 Å². The lowest BCUT2D eigenvalue weighted by Crippen LogP contribution is -2.54. The Bertz CT molecular complexity index is 531. The van der Waals surface area contributed by atoms with Crippen molar-refractivity contribution in [2.24, 2.45) is 0 Å². The van der Waals surface area contributed by atoms with Crippen LogP contribution in [0.15, 0.2) is 24.3 Å². The number of hydrogen-bond donors (Lipinski definition) is 1. The molecule has 2 saturated heterocycles. The van der Waals surface area contributed by atoms with Crippen LogP contribution >= 0.6 is 0 Å². The van der Waals surface area contributed by atoms with Gasteiger partial charge in [-0.1, -0.05) is 24.3 Å².